The van der Waals surface area contributed by atoms with Gasteiger partial charge in [0.15, 0.2) is 0 Å². The SMILES string of the molecule is O=C(O)CCNC(=O)c1ccc(CN(Cc2ccccc2OC(F)(F)F)C(=O)Nc2ccc3ccccc3c2)s1. The highest BCUT2D eigenvalue weighted by atomic mass is 32.1. The van der Waals surface area contributed by atoms with Crippen LogP contribution in [0.15, 0.2) is 78.9 Å². The molecule has 8 nitrogen and oxygen atoms in total. The molecule has 0 bridgehead atoms. The molecule has 0 aliphatic carbocycles. The number of anilines is 1. The van der Waals surface area contributed by atoms with Gasteiger partial charge in [-0.15, -0.1) is 24.5 Å². The van der Waals surface area contributed by atoms with Crippen molar-refractivity contribution in [2.75, 3.05) is 11.9 Å². The van der Waals surface area contributed by atoms with Gasteiger partial charge in [-0.1, -0.05) is 48.5 Å². The van der Waals surface area contributed by atoms with Crippen LogP contribution >= 0.6 is 11.3 Å². The molecule has 0 fully saturated rings. The Kier molecular flexibility index (Phi) is 8.90. The van der Waals surface area contributed by atoms with Crippen LogP contribution in [0, 0.1) is 0 Å². The third-order valence-electron chi connectivity index (χ3n) is 5.70. The summed E-state index contributed by atoms with van der Waals surface area (Å²) in [6, 6.07) is 21.1. The van der Waals surface area contributed by atoms with Gasteiger partial charge in [-0.05, 0) is 41.1 Å². The van der Waals surface area contributed by atoms with Gasteiger partial charge in [0.1, 0.15) is 5.75 Å². The molecule has 1 aromatic heterocycles. The predicted molar refractivity (Wildman–Crippen MR) is 144 cm³/mol. The second-order valence-electron chi connectivity index (χ2n) is 8.67. The molecule has 1 heterocycles. The summed E-state index contributed by atoms with van der Waals surface area (Å²) < 4.78 is 43.2. The van der Waals surface area contributed by atoms with Crippen molar-refractivity contribution in [3.63, 3.8) is 0 Å². The van der Waals surface area contributed by atoms with E-state index in [1.807, 2.05) is 30.3 Å². The van der Waals surface area contributed by atoms with Crippen LogP contribution < -0.4 is 15.4 Å². The summed E-state index contributed by atoms with van der Waals surface area (Å²) in [4.78, 5) is 38.7. The predicted octanol–water partition coefficient (Wildman–Crippen LogP) is 6.24. The quantitative estimate of drug-likeness (QED) is 0.209. The molecule has 0 radical (unpaired) electrons. The van der Waals surface area contributed by atoms with Crippen molar-refractivity contribution < 1.29 is 37.4 Å². The van der Waals surface area contributed by atoms with E-state index in [1.54, 1.807) is 24.3 Å². The monoisotopic (exact) mass is 571 g/mol. The first-order chi connectivity index (χ1) is 19.1. The number of carboxylic acid groups (broad SMARTS) is 1. The van der Waals surface area contributed by atoms with Crippen molar-refractivity contribution in [1.29, 1.82) is 0 Å². The lowest BCUT2D eigenvalue weighted by Crippen LogP contribution is -2.34. The lowest BCUT2D eigenvalue weighted by molar-refractivity contribution is -0.275. The number of hydrogen-bond donors (Lipinski definition) is 3. The van der Waals surface area contributed by atoms with Gasteiger partial charge in [-0.3, -0.25) is 9.59 Å². The van der Waals surface area contributed by atoms with Crippen LogP contribution in [0.5, 0.6) is 5.75 Å². The molecule has 4 aromatic rings. The summed E-state index contributed by atoms with van der Waals surface area (Å²) in [6.45, 7) is -0.284. The van der Waals surface area contributed by atoms with E-state index in [1.165, 1.54) is 29.2 Å². The number of carbonyl (C=O) groups excluding carboxylic acids is 2. The Bertz CT molecular complexity index is 1520. The van der Waals surface area contributed by atoms with E-state index in [0.29, 0.717) is 15.4 Å². The van der Waals surface area contributed by atoms with E-state index in [4.69, 9.17) is 5.11 Å². The van der Waals surface area contributed by atoms with E-state index in [-0.39, 0.29) is 31.6 Å². The summed E-state index contributed by atoms with van der Waals surface area (Å²) in [6.07, 6.45) is -5.14. The first-order valence-corrected chi connectivity index (χ1v) is 12.9. The molecule has 0 unspecified atom stereocenters. The van der Waals surface area contributed by atoms with Crippen LogP contribution in [0.2, 0.25) is 0 Å². The summed E-state index contributed by atoms with van der Waals surface area (Å²) in [7, 11) is 0. The maximum Gasteiger partial charge on any atom is 0.573 e. The van der Waals surface area contributed by atoms with Crippen LogP contribution in [0.3, 0.4) is 0 Å². The average Bonchev–Trinajstić information content (AvgIpc) is 3.37. The molecular weight excluding hydrogens is 547 g/mol. The summed E-state index contributed by atoms with van der Waals surface area (Å²) in [5.74, 6) is -1.94. The van der Waals surface area contributed by atoms with Crippen LogP contribution in [0.4, 0.5) is 23.7 Å². The summed E-state index contributed by atoms with van der Waals surface area (Å²) in [5.41, 5.74) is 0.634. The molecule has 0 atom stereocenters. The maximum absolute atomic E-state index is 13.4. The molecule has 3 aromatic carbocycles. The fraction of sp³-hybridized carbons (Fsp3) is 0.179. The summed E-state index contributed by atoms with van der Waals surface area (Å²) in [5, 5.41) is 15.9. The number of thiophene rings is 1. The van der Waals surface area contributed by atoms with Gasteiger partial charge in [-0.2, -0.15) is 0 Å². The Morgan fingerprint density at radius 3 is 2.38 bits per heavy atom. The van der Waals surface area contributed by atoms with Gasteiger partial charge in [0.25, 0.3) is 5.91 Å². The van der Waals surface area contributed by atoms with E-state index in [2.05, 4.69) is 15.4 Å². The average molecular weight is 572 g/mol. The van der Waals surface area contributed by atoms with Gasteiger partial charge >= 0.3 is 18.4 Å². The number of nitrogens with one attached hydrogen (secondary N) is 2. The van der Waals surface area contributed by atoms with Gasteiger partial charge in [0.2, 0.25) is 0 Å². The molecule has 3 N–H and O–H groups in total. The van der Waals surface area contributed by atoms with Crippen molar-refractivity contribution in [2.24, 2.45) is 0 Å². The molecule has 12 heteroatoms. The molecule has 40 heavy (non-hydrogen) atoms. The van der Waals surface area contributed by atoms with E-state index >= 15 is 0 Å². The molecule has 208 valence electrons. The van der Waals surface area contributed by atoms with E-state index in [9.17, 15) is 27.6 Å². The molecule has 0 spiro atoms. The fourth-order valence-corrected chi connectivity index (χ4v) is 4.82. The first kappa shape index (κ1) is 28.4. The molecule has 4 rings (SSSR count). The van der Waals surface area contributed by atoms with Crippen LogP contribution in [0.25, 0.3) is 10.8 Å². The molecule has 3 amide bonds. The lowest BCUT2D eigenvalue weighted by Gasteiger charge is -2.24. The zero-order valence-corrected chi connectivity index (χ0v) is 21.7. The van der Waals surface area contributed by atoms with Crippen molar-refractivity contribution in [2.45, 2.75) is 25.9 Å². The van der Waals surface area contributed by atoms with Crippen molar-refractivity contribution in [1.82, 2.24) is 10.2 Å². The third kappa shape index (κ3) is 7.96. The third-order valence-corrected chi connectivity index (χ3v) is 6.77. The Labute approximate surface area is 231 Å². The van der Waals surface area contributed by atoms with Crippen molar-refractivity contribution >= 4 is 45.7 Å². The van der Waals surface area contributed by atoms with Gasteiger partial charge < -0.3 is 25.4 Å². The number of benzene rings is 3. The number of para-hydroxylation sites is 1. The standard InChI is InChI=1S/C28H24F3N3O5S/c29-28(30,31)39-23-8-4-3-7-20(23)16-34(17-22-11-12-24(40-22)26(37)32-14-13-25(35)36)27(38)33-21-10-9-18-5-1-2-6-19(18)15-21/h1-12,15H,13-14,16-17H2,(H,32,37)(H,33,38)(H,35,36). The number of rotatable bonds is 10. The highest BCUT2D eigenvalue weighted by molar-refractivity contribution is 7.14. The number of nitrogens with zero attached hydrogens (tertiary/aromatic N) is 1. The number of aliphatic carboxylic acids is 1. The van der Waals surface area contributed by atoms with Crippen LogP contribution in [-0.4, -0.2) is 40.8 Å². The van der Waals surface area contributed by atoms with Crippen LogP contribution in [-0.2, 0) is 17.9 Å². The largest absolute Gasteiger partial charge is 0.573 e. The highest BCUT2D eigenvalue weighted by Gasteiger charge is 2.32. The van der Waals surface area contributed by atoms with E-state index in [0.717, 1.165) is 22.1 Å². The van der Waals surface area contributed by atoms with Gasteiger partial charge in [-0.25, -0.2) is 4.79 Å². The number of carbonyl (C=O) groups is 3. The van der Waals surface area contributed by atoms with Crippen molar-refractivity contribution in [3.8, 4) is 5.75 Å². The topological polar surface area (TPSA) is 108 Å². The molecule has 0 saturated heterocycles. The number of ether oxygens (including phenoxy) is 1. The normalized spacial score (nSPS) is 11.2. The second-order valence-corrected chi connectivity index (χ2v) is 9.84. The van der Waals surface area contributed by atoms with E-state index < -0.39 is 30.0 Å². The Morgan fingerprint density at radius 2 is 1.62 bits per heavy atom. The highest BCUT2D eigenvalue weighted by Crippen LogP contribution is 2.29. The Morgan fingerprint density at radius 1 is 0.900 bits per heavy atom. The lowest BCUT2D eigenvalue weighted by atomic mass is 10.1. The molecule has 0 saturated carbocycles. The fourth-order valence-electron chi connectivity index (χ4n) is 3.88. The number of hydrogen-bond acceptors (Lipinski definition) is 5. The molecule has 0 aliphatic heterocycles. The zero-order chi connectivity index (χ0) is 28.7. The minimum atomic E-state index is -4.91. The first-order valence-electron chi connectivity index (χ1n) is 12.0. The zero-order valence-electron chi connectivity index (χ0n) is 20.9. The number of amides is 3. The molecule has 0 aliphatic rings. The number of carboxylic acids is 1. The van der Waals surface area contributed by atoms with Gasteiger partial charge in [0.05, 0.1) is 24.4 Å². The Balaban J connectivity index is 1.56. The van der Waals surface area contributed by atoms with Crippen LogP contribution in [0.1, 0.15) is 26.5 Å². The molecular formula is C28H24F3N3O5S. The summed E-state index contributed by atoms with van der Waals surface area (Å²) >= 11 is 1.09. The minimum Gasteiger partial charge on any atom is -0.481 e. The smallest absolute Gasteiger partial charge is 0.481 e. The Hall–Kier alpha value is -4.58. The number of urea groups is 1. The number of alkyl halides is 3. The minimum absolute atomic E-state index is 0.0210. The number of fused-ring (bicyclic) bond motifs is 1. The second kappa shape index (κ2) is 12.5. The van der Waals surface area contributed by atoms with Gasteiger partial charge in [0, 0.05) is 22.7 Å². The number of halogens is 3. The maximum atomic E-state index is 13.4. The van der Waals surface area contributed by atoms with Crippen molar-refractivity contribution in [3.05, 3.63) is 94.2 Å².